The highest BCUT2D eigenvalue weighted by Gasteiger charge is 1.99. The first-order valence-electron chi connectivity index (χ1n) is 8.58. The van der Waals surface area contributed by atoms with Gasteiger partial charge in [-0.15, -0.1) is 0 Å². The van der Waals surface area contributed by atoms with Crippen LogP contribution in [0.15, 0.2) is 24.3 Å². The van der Waals surface area contributed by atoms with Crippen LogP contribution in [-0.2, 0) is 19.1 Å². The van der Waals surface area contributed by atoms with Crippen molar-refractivity contribution >= 4 is 17.5 Å². The summed E-state index contributed by atoms with van der Waals surface area (Å²) >= 11 is 0. The number of ketones is 2. The van der Waals surface area contributed by atoms with Crippen molar-refractivity contribution in [3.05, 3.63) is 24.3 Å². The smallest absolute Gasteiger partial charge is 0.305 e. The molecule has 0 aliphatic carbocycles. The third-order valence-corrected chi connectivity index (χ3v) is 3.47. The Labute approximate surface area is 140 Å². The van der Waals surface area contributed by atoms with Crippen LogP contribution in [0.4, 0.5) is 0 Å². The Morgan fingerprint density at radius 2 is 1.52 bits per heavy atom. The normalized spacial score (nSPS) is 11.2. The quantitative estimate of drug-likeness (QED) is 0.271. The van der Waals surface area contributed by atoms with Crippen molar-refractivity contribution < 1.29 is 19.1 Å². The number of carbonyl (C=O) groups excluding carboxylic acids is 3. The standard InChI is InChI=1S/C19H30O4/c1-3-4-9-12-17(20)15-16-18(21)13-10-7-5-6-8-11-14-19(22)23-2/h10,13,15-16H,3-9,11-12,14H2,1-2H3/b13-10+,16-15+. The average Bonchev–Trinajstić information content (AvgIpc) is 2.55. The maximum absolute atomic E-state index is 11.5. The Balaban J connectivity index is 3.64. The van der Waals surface area contributed by atoms with E-state index in [0.717, 1.165) is 51.4 Å². The molecule has 0 atom stereocenters. The van der Waals surface area contributed by atoms with Crippen molar-refractivity contribution in [1.82, 2.24) is 0 Å². The van der Waals surface area contributed by atoms with Gasteiger partial charge in [-0.1, -0.05) is 38.7 Å². The largest absolute Gasteiger partial charge is 0.469 e. The SMILES string of the molecule is CCCCCC(=O)/C=C/C(=O)/C=C/CCCCCCC(=O)OC. The predicted molar refractivity (Wildman–Crippen MR) is 92.2 cm³/mol. The molecule has 0 amide bonds. The molecule has 0 unspecified atom stereocenters. The fraction of sp³-hybridized carbons (Fsp3) is 0.632. The second kappa shape index (κ2) is 15.2. The Bertz CT molecular complexity index is 408. The average molecular weight is 322 g/mol. The number of rotatable bonds is 14. The van der Waals surface area contributed by atoms with Gasteiger partial charge in [-0.3, -0.25) is 14.4 Å². The molecule has 4 heteroatoms. The Kier molecular flexibility index (Phi) is 14.1. The lowest BCUT2D eigenvalue weighted by molar-refractivity contribution is -0.140. The van der Waals surface area contributed by atoms with Crippen molar-refractivity contribution in [2.75, 3.05) is 7.11 Å². The summed E-state index contributed by atoms with van der Waals surface area (Å²) in [5.41, 5.74) is 0. The van der Waals surface area contributed by atoms with Crippen molar-refractivity contribution in [3.63, 3.8) is 0 Å². The zero-order chi connectivity index (χ0) is 17.3. The van der Waals surface area contributed by atoms with Gasteiger partial charge in [-0.25, -0.2) is 0 Å². The summed E-state index contributed by atoms with van der Waals surface area (Å²) in [7, 11) is 1.40. The van der Waals surface area contributed by atoms with Gasteiger partial charge in [0.05, 0.1) is 7.11 Å². The van der Waals surface area contributed by atoms with Crippen molar-refractivity contribution in [2.24, 2.45) is 0 Å². The molecular formula is C19H30O4. The number of carbonyl (C=O) groups is 3. The summed E-state index contributed by atoms with van der Waals surface area (Å²) in [6, 6.07) is 0. The zero-order valence-corrected chi connectivity index (χ0v) is 14.5. The number of hydrogen-bond donors (Lipinski definition) is 0. The number of unbranched alkanes of at least 4 members (excludes halogenated alkanes) is 6. The molecule has 23 heavy (non-hydrogen) atoms. The second-order valence-electron chi connectivity index (χ2n) is 5.59. The van der Waals surface area contributed by atoms with E-state index in [9.17, 15) is 14.4 Å². The molecule has 130 valence electrons. The number of hydrogen-bond acceptors (Lipinski definition) is 4. The highest BCUT2D eigenvalue weighted by molar-refractivity contribution is 6.03. The number of methoxy groups -OCH3 is 1. The minimum absolute atomic E-state index is 0.0193. The fourth-order valence-electron chi connectivity index (χ4n) is 2.05. The monoisotopic (exact) mass is 322 g/mol. The molecule has 4 nitrogen and oxygen atoms in total. The Morgan fingerprint density at radius 3 is 2.22 bits per heavy atom. The molecular weight excluding hydrogens is 292 g/mol. The molecule has 0 saturated carbocycles. The van der Waals surface area contributed by atoms with Crippen LogP contribution in [0.25, 0.3) is 0 Å². The second-order valence-corrected chi connectivity index (χ2v) is 5.59. The van der Waals surface area contributed by atoms with E-state index >= 15 is 0 Å². The fourth-order valence-corrected chi connectivity index (χ4v) is 2.05. The van der Waals surface area contributed by atoms with Crippen LogP contribution in [0.2, 0.25) is 0 Å². The third kappa shape index (κ3) is 15.0. The van der Waals surface area contributed by atoms with Crippen LogP contribution < -0.4 is 0 Å². The molecule has 0 fully saturated rings. The molecule has 0 aliphatic heterocycles. The van der Waals surface area contributed by atoms with E-state index in [4.69, 9.17) is 0 Å². The van der Waals surface area contributed by atoms with E-state index in [1.807, 2.05) is 6.08 Å². The summed E-state index contributed by atoms with van der Waals surface area (Å²) in [6.45, 7) is 2.09. The van der Waals surface area contributed by atoms with E-state index < -0.39 is 0 Å². The van der Waals surface area contributed by atoms with Gasteiger partial charge < -0.3 is 4.74 Å². The van der Waals surface area contributed by atoms with Crippen LogP contribution in [0, 0.1) is 0 Å². The highest BCUT2D eigenvalue weighted by Crippen LogP contribution is 2.06. The predicted octanol–water partition coefficient (Wildman–Crippen LogP) is 4.33. The molecule has 0 aliphatic rings. The summed E-state index contributed by atoms with van der Waals surface area (Å²) < 4.78 is 4.57. The number of esters is 1. The maximum atomic E-state index is 11.5. The van der Waals surface area contributed by atoms with Gasteiger partial charge in [0.15, 0.2) is 11.6 Å². The Morgan fingerprint density at radius 1 is 0.826 bits per heavy atom. The molecule has 0 aromatic rings. The Hall–Kier alpha value is -1.71. The molecule has 0 N–H and O–H groups in total. The summed E-state index contributed by atoms with van der Waals surface area (Å²) in [4.78, 5) is 33.9. The van der Waals surface area contributed by atoms with Crippen LogP contribution in [0.3, 0.4) is 0 Å². The number of allylic oxidation sites excluding steroid dienone is 4. The zero-order valence-electron chi connectivity index (χ0n) is 14.5. The van der Waals surface area contributed by atoms with Gasteiger partial charge in [0.2, 0.25) is 0 Å². The molecule has 0 rings (SSSR count). The summed E-state index contributed by atoms with van der Waals surface area (Å²) in [6.07, 6.45) is 14.8. The lowest BCUT2D eigenvalue weighted by atomic mass is 10.1. The van der Waals surface area contributed by atoms with Crippen LogP contribution in [0.1, 0.15) is 71.1 Å². The van der Waals surface area contributed by atoms with Crippen molar-refractivity contribution in [3.8, 4) is 0 Å². The first-order chi connectivity index (χ1) is 11.1. The molecule has 0 radical (unpaired) electrons. The molecule has 0 aromatic heterocycles. The molecule has 0 aromatic carbocycles. The van der Waals surface area contributed by atoms with E-state index in [-0.39, 0.29) is 17.5 Å². The first-order valence-corrected chi connectivity index (χ1v) is 8.58. The van der Waals surface area contributed by atoms with Crippen LogP contribution in [-0.4, -0.2) is 24.6 Å². The lowest BCUT2D eigenvalue weighted by Gasteiger charge is -1.99. The van der Waals surface area contributed by atoms with E-state index in [1.165, 1.54) is 25.3 Å². The molecule has 0 bridgehead atoms. The minimum atomic E-state index is -0.161. The van der Waals surface area contributed by atoms with E-state index in [0.29, 0.717) is 12.8 Å². The van der Waals surface area contributed by atoms with Gasteiger partial charge in [-0.05, 0) is 43.9 Å². The van der Waals surface area contributed by atoms with E-state index in [1.54, 1.807) is 0 Å². The van der Waals surface area contributed by atoms with Gasteiger partial charge in [0, 0.05) is 12.8 Å². The van der Waals surface area contributed by atoms with Gasteiger partial charge in [0.25, 0.3) is 0 Å². The van der Waals surface area contributed by atoms with Crippen molar-refractivity contribution in [1.29, 1.82) is 0 Å². The molecule has 0 saturated heterocycles. The van der Waals surface area contributed by atoms with Gasteiger partial charge in [0.1, 0.15) is 0 Å². The maximum Gasteiger partial charge on any atom is 0.305 e. The van der Waals surface area contributed by atoms with Gasteiger partial charge in [-0.2, -0.15) is 0 Å². The topological polar surface area (TPSA) is 60.4 Å². The third-order valence-electron chi connectivity index (χ3n) is 3.47. The molecule has 0 spiro atoms. The van der Waals surface area contributed by atoms with Crippen molar-refractivity contribution in [2.45, 2.75) is 71.1 Å². The van der Waals surface area contributed by atoms with Gasteiger partial charge >= 0.3 is 5.97 Å². The summed E-state index contributed by atoms with van der Waals surface area (Å²) in [5.74, 6) is -0.281. The lowest BCUT2D eigenvalue weighted by Crippen LogP contribution is -1.99. The first kappa shape index (κ1) is 21.3. The molecule has 0 heterocycles. The summed E-state index contributed by atoms with van der Waals surface area (Å²) in [5, 5.41) is 0. The van der Waals surface area contributed by atoms with Crippen LogP contribution in [0.5, 0.6) is 0 Å². The van der Waals surface area contributed by atoms with Crippen LogP contribution >= 0.6 is 0 Å². The number of ether oxygens (including phenoxy) is 1. The minimum Gasteiger partial charge on any atom is -0.469 e. The van der Waals surface area contributed by atoms with E-state index in [2.05, 4.69) is 11.7 Å². The highest BCUT2D eigenvalue weighted by atomic mass is 16.5.